The fourth-order valence-electron chi connectivity index (χ4n) is 1.11. The van der Waals surface area contributed by atoms with Crippen LogP contribution in [-0.2, 0) is 0 Å². The molecule has 88 valence electrons. The molecule has 0 aliphatic rings. The third kappa shape index (κ3) is 3.12. The van der Waals surface area contributed by atoms with Crippen LogP contribution in [-0.4, -0.2) is 16.4 Å². The smallest absolute Gasteiger partial charge is 0.161 e. The van der Waals surface area contributed by atoms with Gasteiger partial charge in [0.1, 0.15) is 5.15 Å². The van der Waals surface area contributed by atoms with Crippen molar-refractivity contribution in [3.8, 4) is 0 Å². The summed E-state index contributed by atoms with van der Waals surface area (Å²) in [6.07, 6.45) is 1.49. The molecule has 2 aromatic rings. The Labute approximate surface area is 113 Å². The predicted molar refractivity (Wildman–Crippen MR) is 71.3 cm³/mol. The molecule has 0 bridgehead atoms. The van der Waals surface area contributed by atoms with E-state index in [0.717, 1.165) is 5.69 Å². The highest BCUT2D eigenvalue weighted by Crippen LogP contribution is 2.18. The van der Waals surface area contributed by atoms with Crippen LogP contribution in [0.25, 0.3) is 0 Å². The predicted octanol–water partition coefficient (Wildman–Crippen LogP) is 3.82. The monoisotopic (exact) mass is 288 g/mol. The highest BCUT2D eigenvalue weighted by molar-refractivity contribution is 6.37. The minimum absolute atomic E-state index is 0.275. The molecule has 7 heteroatoms. The number of aromatic nitrogens is 2. The molecular weight excluding hydrogens is 282 g/mol. The van der Waals surface area contributed by atoms with E-state index in [9.17, 15) is 0 Å². The second-order valence-corrected chi connectivity index (χ2v) is 4.29. The average molecular weight is 290 g/mol. The number of anilines is 1. The molecule has 0 saturated carbocycles. The Morgan fingerprint density at radius 2 is 1.88 bits per heavy atom. The number of halogens is 3. The van der Waals surface area contributed by atoms with Crippen LogP contribution in [0.3, 0.4) is 0 Å². The summed E-state index contributed by atoms with van der Waals surface area (Å²) in [6, 6.07) is 7.13. The maximum Gasteiger partial charge on any atom is 0.161 e. The van der Waals surface area contributed by atoms with Gasteiger partial charge in [-0.25, -0.2) is 0 Å². The van der Waals surface area contributed by atoms with E-state index < -0.39 is 0 Å². The number of nitrogens with zero attached hydrogens (tertiary/aromatic N) is 2. The summed E-state index contributed by atoms with van der Waals surface area (Å²) in [5.41, 5.74) is 4.16. The highest BCUT2D eigenvalue weighted by Gasteiger charge is 2.06. The summed E-state index contributed by atoms with van der Waals surface area (Å²) in [4.78, 5) is 0. The molecule has 0 radical (unpaired) electrons. The van der Waals surface area contributed by atoms with E-state index in [1.807, 2.05) is 0 Å². The second-order valence-electron chi connectivity index (χ2n) is 3.12. The van der Waals surface area contributed by atoms with Crippen LogP contribution in [0, 0.1) is 0 Å². The van der Waals surface area contributed by atoms with E-state index in [1.165, 1.54) is 6.21 Å². The normalized spacial score (nSPS) is 11.0. The first-order valence-electron chi connectivity index (χ1n) is 4.61. The molecule has 2 rings (SSSR count). The van der Waals surface area contributed by atoms with E-state index >= 15 is 0 Å². The Morgan fingerprint density at radius 1 is 1.18 bits per heavy atom. The molecule has 2 N–H and O–H groups in total. The van der Waals surface area contributed by atoms with Crippen molar-refractivity contribution in [2.45, 2.75) is 0 Å². The molecule has 0 atom stereocenters. The van der Waals surface area contributed by atoms with Crippen LogP contribution in [0.2, 0.25) is 15.3 Å². The lowest BCUT2D eigenvalue weighted by atomic mass is 10.3. The quantitative estimate of drug-likeness (QED) is 0.667. The summed E-state index contributed by atoms with van der Waals surface area (Å²) in [7, 11) is 0. The van der Waals surface area contributed by atoms with Crippen molar-refractivity contribution >= 4 is 46.7 Å². The first kappa shape index (κ1) is 12.2. The van der Waals surface area contributed by atoms with E-state index in [-0.39, 0.29) is 5.15 Å². The second kappa shape index (κ2) is 5.40. The first-order chi connectivity index (χ1) is 8.16. The zero-order chi connectivity index (χ0) is 12.3. The minimum atomic E-state index is 0.275. The Bertz CT molecular complexity index is 513. The molecule has 0 aliphatic heterocycles. The molecule has 0 fully saturated rings. The lowest BCUT2D eigenvalue weighted by Gasteiger charge is -1.98. The van der Waals surface area contributed by atoms with Gasteiger partial charge in [0.15, 0.2) is 5.15 Å². The number of rotatable bonds is 3. The van der Waals surface area contributed by atoms with Crippen molar-refractivity contribution in [1.29, 1.82) is 0 Å². The third-order valence-corrected chi connectivity index (χ3v) is 2.77. The van der Waals surface area contributed by atoms with Crippen LogP contribution in [0.1, 0.15) is 5.56 Å². The molecule has 4 nitrogen and oxygen atoms in total. The van der Waals surface area contributed by atoms with Gasteiger partial charge in [-0.15, -0.1) is 0 Å². The van der Waals surface area contributed by atoms with Crippen molar-refractivity contribution in [3.63, 3.8) is 0 Å². The van der Waals surface area contributed by atoms with Crippen molar-refractivity contribution < 1.29 is 0 Å². The van der Waals surface area contributed by atoms with Gasteiger partial charge in [-0.05, 0) is 24.3 Å². The van der Waals surface area contributed by atoms with Gasteiger partial charge in [-0.2, -0.15) is 10.2 Å². The standard InChI is InChI=1S/C10H7Cl3N4/c11-6-1-3-7(4-2-6)15-14-5-8-9(12)16-17-10(8)13/h1-5,15H,(H,16,17). The van der Waals surface area contributed by atoms with Crippen molar-refractivity contribution in [1.82, 2.24) is 10.2 Å². The van der Waals surface area contributed by atoms with Crippen LogP contribution in [0.4, 0.5) is 5.69 Å². The zero-order valence-electron chi connectivity index (χ0n) is 8.42. The highest BCUT2D eigenvalue weighted by atomic mass is 35.5. The first-order valence-corrected chi connectivity index (χ1v) is 5.74. The molecule has 17 heavy (non-hydrogen) atoms. The van der Waals surface area contributed by atoms with E-state index in [2.05, 4.69) is 20.7 Å². The van der Waals surface area contributed by atoms with Gasteiger partial charge in [-0.1, -0.05) is 34.8 Å². The van der Waals surface area contributed by atoms with Gasteiger partial charge in [-0.3, -0.25) is 10.5 Å². The summed E-state index contributed by atoms with van der Waals surface area (Å²) in [5.74, 6) is 0. The molecule has 1 heterocycles. The fraction of sp³-hybridized carbons (Fsp3) is 0. The van der Waals surface area contributed by atoms with Crippen molar-refractivity contribution in [2.75, 3.05) is 5.43 Å². The number of nitrogens with one attached hydrogen (secondary N) is 2. The van der Waals surface area contributed by atoms with Gasteiger partial charge in [0, 0.05) is 5.02 Å². The number of H-pyrrole nitrogens is 1. The Kier molecular flexibility index (Phi) is 3.89. The molecule has 1 aromatic carbocycles. The Morgan fingerprint density at radius 3 is 2.47 bits per heavy atom. The summed E-state index contributed by atoms with van der Waals surface area (Å²) in [5, 5.41) is 11.5. The third-order valence-electron chi connectivity index (χ3n) is 1.94. The largest absolute Gasteiger partial charge is 0.278 e. The van der Waals surface area contributed by atoms with Crippen LogP contribution in [0.5, 0.6) is 0 Å². The maximum absolute atomic E-state index is 5.81. The molecule has 0 amide bonds. The number of hydrazone groups is 1. The number of benzene rings is 1. The van der Waals surface area contributed by atoms with E-state index in [1.54, 1.807) is 24.3 Å². The number of hydrogen-bond donors (Lipinski definition) is 2. The summed E-state index contributed by atoms with van der Waals surface area (Å²) in [6.45, 7) is 0. The van der Waals surface area contributed by atoms with E-state index in [4.69, 9.17) is 34.8 Å². The minimum Gasteiger partial charge on any atom is -0.278 e. The molecule has 0 unspecified atom stereocenters. The van der Waals surface area contributed by atoms with Gasteiger partial charge in [0.05, 0.1) is 17.5 Å². The molecule has 0 aliphatic carbocycles. The lowest BCUT2D eigenvalue weighted by molar-refractivity contribution is 1.09. The van der Waals surface area contributed by atoms with Crippen molar-refractivity contribution in [2.24, 2.45) is 5.10 Å². The number of aromatic amines is 1. The summed E-state index contributed by atoms with van der Waals surface area (Å²) < 4.78 is 0. The van der Waals surface area contributed by atoms with Crippen LogP contribution in [0.15, 0.2) is 29.4 Å². The van der Waals surface area contributed by atoms with Crippen LogP contribution < -0.4 is 5.43 Å². The topological polar surface area (TPSA) is 53.1 Å². The molecule has 1 aromatic heterocycles. The van der Waals surface area contributed by atoms with Gasteiger partial charge >= 0.3 is 0 Å². The lowest BCUT2D eigenvalue weighted by Crippen LogP contribution is -1.90. The average Bonchev–Trinajstić information content (AvgIpc) is 2.63. The van der Waals surface area contributed by atoms with Crippen LogP contribution >= 0.6 is 34.8 Å². The fourth-order valence-corrected chi connectivity index (χ4v) is 1.66. The molecule has 0 spiro atoms. The molecule has 0 saturated heterocycles. The maximum atomic E-state index is 5.81. The van der Waals surface area contributed by atoms with Gasteiger partial charge in [0.2, 0.25) is 0 Å². The van der Waals surface area contributed by atoms with Gasteiger partial charge in [0.25, 0.3) is 0 Å². The molecular formula is C10H7Cl3N4. The Hall–Kier alpha value is -1.23. The summed E-state index contributed by atoms with van der Waals surface area (Å²) >= 11 is 17.3. The SMILES string of the molecule is Clc1ccc(NN=Cc2c(Cl)n[nH]c2Cl)cc1. The van der Waals surface area contributed by atoms with Gasteiger partial charge < -0.3 is 0 Å². The Balaban J connectivity index is 2.05. The number of hydrogen-bond acceptors (Lipinski definition) is 3. The van der Waals surface area contributed by atoms with E-state index in [0.29, 0.717) is 15.7 Å². The zero-order valence-corrected chi connectivity index (χ0v) is 10.7. The van der Waals surface area contributed by atoms with Crippen molar-refractivity contribution in [3.05, 3.63) is 45.2 Å².